The van der Waals surface area contributed by atoms with Crippen LogP contribution in [0, 0.1) is 6.92 Å². The van der Waals surface area contributed by atoms with Crippen molar-refractivity contribution in [2.45, 2.75) is 32.4 Å². The Balaban J connectivity index is 1.36. The number of aryl methyl sites for hydroxylation is 1. The molecule has 3 aromatic rings. The minimum atomic E-state index is 0.275. The lowest BCUT2D eigenvalue weighted by Crippen LogP contribution is -2.42. The van der Waals surface area contributed by atoms with Crippen molar-refractivity contribution in [3.63, 3.8) is 0 Å². The summed E-state index contributed by atoms with van der Waals surface area (Å²) in [5, 5.41) is 6.85. The minimum Gasteiger partial charge on any atom is -0.497 e. The van der Waals surface area contributed by atoms with Crippen LogP contribution < -0.4 is 15.4 Å². The third-order valence-corrected chi connectivity index (χ3v) is 6.06. The van der Waals surface area contributed by atoms with E-state index in [1.807, 2.05) is 24.3 Å². The molecule has 2 aromatic carbocycles. The van der Waals surface area contributed by atoms with Crippen molar-refractivity contribution in [1.29, 1.82) is 0 Å². The molecule has 0 aliphatic carbocycles. The Kier molecular flexibility index (Phi) is 7.62. The molecule has 7 heteroatoms. The molecule has 0 saturated carbocycles. The number of oxazole rings is 1. The Labute approximate surface area is 195 Å². The molecule has 7 nitrogen and oxygen atoms in total. The fourth-order valence-corrected chi connectivity index (χ4v) is 4.14. The fourth-order valence-electron chi connectivity index (χ4n) is 4.14. The molecule has 0 spiro atoms. The van der Waals surface area contributed by atoms with Gasteiger partial charge < -0.3 is 19.8 Å². The summed E-state index contributed by atoms with van der Waals surface area (Å²) in [5.74, 6) is 2.25. The van der Waals surface area contributed by atoms with Crippen molar-refractivity contribution in [3.05, 3.63) is 71.6 Å². The Morgan fingerprint density at radius 3 is 2.48 bits per heavy atom. The Bertz CT molecular complexity index is 1040. The molecule has 1 unspecified atom stereocenters. The van der Waals surface area contributed by atoms with E-state index in [-0.39, 0.29) is 6.04 Å². The second kappa shape index (κ2) is 11.0. The number of rotatable bonds is 8. The molecule has 1 aliphatic heterocycles. The molecular formula is C26H33N5O2. The highest BCUT2D eigenvalue weighted by Gasteiger charge is 2.23. The summed E-state index contributed by atoms with van der Waals surface area (Å²) in [6.45, 7) is 5.60. The van der Waals surface area contributed by atoms with E-state index in [9.17, 15) is 0 Å². The SMILES string of the molecule is CN=C(NCc1coc(-c2ccc(C)cc2)n1)NCC(c1ccc(OC)cc1)N1CCCC1. The first kappa shape index (κ1) is 22.9. The maximum absolute atomic E-state index is 5.67. The second-order valence-electron chi connectivity index (χ2n) is 8.35. The maximum Gasteiger partial charge on any atom is 0.226 e. The monoisotopic (exact) mass is 447 g/mol. The first-order valence-corrected chi connectivity index (χ1v) is 11.5. The molecule has 1 aliphatic rings. The van der Waals surface area contributed by atoms with Crippen molar-refractivity contribution < 1.29 is 9.15 Å². The van der Waals surface area contributed by atoms with Gasteiger partial charge in [0.05, 0.1) is 25.4 Å². The molecule has 0 amide bonds. The first-order valence-electron chi connectivity index (χ1n) is 11.5. The molecule has 33 heavy (non-hydrogen) atoms. The van der Waals surface area contributed by atoms with Gasteiger partial charge in [0.2, 0.25) is 5.89 Å². The van der Waals surface area contributed by atoms with Crippen LogP contribution in [0.25, 0.3) is 11.5 Å². The van der Waals surface area contributed by atoms with E-state index in [0.29, 0.717) is 12.4 Å². The van der Waals surface area contributed by atoms with Gasteiger partial charge in [-0.3, -0.25) is 9.89 Å². The maximum atomic E-state index is 5.67. The summed E-state index contributed by atoms with van der Waals surface area (Å²) in [6.07, 6.45) is 4.18. The molecule has 1 aromatic heterocycles. The van der Waals surface area contributed by atoms with E-state index >= 15 is 0 Å². The number of hydrogen-bond acceptors (Lipinski definition) is 5. The lowest BCUT2D eigenvalue weighted by molar-refractivity contribution is 0.245. The number of guanidine groups is 1. The van der Waals surface area contributed by atoms with Crippen molar-refractivity contribution in [2.24, 2.45) is 4.99 Å². The van der Waals surface area contributed by atoms with E-state index in [4.69, 9.17) is 9.15 Å². The lowest BCUT2D eigenvalue weighted by Gasteiger charge is -2.29. The first-order chi connectivity index (χ1) is 16.2. The highest BCUT2D eigenvalue weighted by molar-refractivity contribution is 5.79. The summed E-state index contributed by atoms with van der Waals surface area (Å²) in [5.41, 5.74) is 4.30. The van der Waals surface area contributed by atoms with Crippen molar-refractivity contribution >= 4 is 5.96 Å². The molecule has 4 rings (SSSR count). The van der Waals surface area contributed by atoms with Crippen molar-refractivity contribution in [3.8, 4) is 17.2 Å². The number of aliphatic imine (C=N–C) groups is 1. The average molecular weight is 448 g/mol. The van der Waals surface area contributed by atoms with Gasteiger partial charge >= 0.3 is 0 Å². The van der Waals surface area contributed by atoms with Crippen LogP contribution >= 0.6 is 0 Å². The van der Waals surface area contributed by atoms with Crippen LogP contribution in [0.5, 0.6) is 5.75 Å². The van der Waals surface area contributed by atoms with Crippen LogP contribution in [0.4, 0.5) is 0 Å². The average Bonchev–Trinajstić information content (AvgIpc) is 3.55. The summed E-state index contributed by atoms with van der Waals surface area (Å²) in [7, 11) is 3.48. The van der Waals surface area contributed by atoms with Crippen LogP contribution in [0.3, 0.4) is 0 Å². The number of likely N-dealkylation sites (tertiary alicyclic amines) is 1. The Hall–Kier alpha value is -3.32. The van der Waals surface area contributed by atoms with Gasteiger partial charge in [0, 0.05) is 19.2 Å². The molecule has 0 radical (unpaired) electrons. The van der Waals surface area contributed by atoms with Crippen LogP contribution in [0.1, 0.15) is 35.7 Å². The van der Waals surface area contributed by atoms with E-state index < -0.39 is 0 Å². The molecular weight excluding hydrogens is 414 g/mol. The van der Waals surface area contributed by atoms with Gasteiger partial charge in [-0.1, -0.05) is 29.8 Å². The lowest BCUT2D eigenvalue weighted by atomic mass is 10.1. The van der Waals surface area contributed by atoms with Gasteiger partial charge in [0.1, 0.15) is 12.0 Å². The fraction of sp³-hybridized carbons (Fsp3) is 0.385. The normalized spacial score (nSPS) is 15.4. The van der Waals surface area contributed by atoms with Crippen molar-refractivity contribution in [1.82, 2.24) is 20.5 Å². The number of benzene rings is 2. The predicted octanol–water partition coefficient (Wildman–Crippen LogP) is 4.16. The van der Waals surface area contributed by atoms with Gasteiger partial charge in [0.25, 0.3) is 0 Å². The summed E-state index contributed by atoms with van der Waals surface area (Å²) >= 11 is 0. The molecule has 2 N–H and O–H groups in total. The highest BCUT2D eigenvalue weighted by atomic mass is 16.5. The van der Waals surface area contributed by atoms with Crippen LogP contribution in [-0.4, -0.2) is 49.6 Å². The van der Waals surface area contributed by atoms with Gasteiger partial charge in [-0.25, -0.2) is 4.98 Å². The molecule has 1 saturated heterocycles. The molecule has 2 heterocycles. The number of nitrogens with one attached hydrogen (secondary N) is 2. The number of nitrogens with zero attached hydrogens (tertiary/aromatic N) is 3. The van der Waals surface area contributed by atoms with Crippen LogP contribution in [0.15, 0.2) is 64.2 Å². The van der Waals surface area contributed by atoms with Crippen LogP contribution in [0.2, 0.25) is 0 Å². The number of ether oxygens (including phenoxy) is 1. The number of methoxy groups -OCH3 is 1. The Morgan fingerprint density at radius 2 is 1.82 bits per heavy atom. The van der Waals surface area contributed by atoms with Gasteiger partial charge in [-0.15, -0.1) is 0 Å². The summed E-state index contributed by atoms with van der Waals surface area (Å²) in [4.78, 5) is 11.5. The third-order valence-electron chi connectivity index (χ3n) is 6.06. The van der Waals surface area contributed by atoms with E-state index in [2.05, 4.69) is 56.7 Å². The van der Waals surface area contributed by atoms with E-state index in [1.54, 1.807) is 20.4 Å². The Morgan fingerprint density at radius 1 is 1.09 bits per heavy atom. The zero-order chi connectivity index (χ0) is 23.0. The topological polar surface area (TPSA) is 74.9 Å². The minimum absolute atomic E-state index is 0.275. The van der Waals surface area contributed by atoms with Gasteiger partial charge in [-0.05, 0) is 62.7 Å². The number of aromatic nitrogens is 1. The molecule has 1 atom stereocenters. The van der Waals surface area contributed by atoms with Crippen molar-refractivity contribution in [2.75, 3.05) is 33.8 Å². The quantitative estimate of drug-likeness (QED) is 0.399. The van der Waals surface area contributed by atoms with Crippen LogP contribution in [-0.2, 0) is 6.54 Å². The third kappa shape index (κ3) is 5.93. The smallest absolute Gasteiger partial charge is 0.226 e. The van der Waals surface area contributed by atoms with Gasteiger partial charge in [0.15, 0.2) is 5.96 Å². The molecule has 1 fully saturated rings. The summed E-state index contributed by atoms with van der Waals surface area (Å²) in [6, 6.07) is 16.8. The zero-order valence-corrected chi connectivity index (χ0v) is 19.7. The predicted molar refractivity (Wildman–Crippen MR) is 131 cm³/mol. The summed E-state index contributed by atoms with van der Waals surface area (Å²) < 4.78 is 11.0. The standard InChI is InChI=1S/C26H33N5O2/c1-19-6-8-21(9-7-19)25-30-22(18-33-25)16-28-26(27-2)29-17-24(31-14-4-5-15-31)20-10-12-23(32-3)13-11-20/h6-13,18,24H,4-5,14-17H2,1-3H3,(H2,27,28,29). The molecule has 174 valence electrons. The van der Waals surface area contributed by atoms with E-state index in [1.165, 1.54) is 24.0 Å². The largest absolute Gasteiger partial charge is 0.497 e. The second-order valence-corrected chi connectivity index (χ2v) is 8.35. The number of hydrogen-bond donors (Lipinski definition) is 2. The highest BCUT2D eigenvalue weighted by Crippen LogP contribution is 2.26. The zero-order valence-electron chi connectivity index (χ0n) is 19.7. The molecule has 0 bridgehead atoms. The van der Waals surface area contributed by atoms with Gasteiger partial charge in [-0.2, -0.15) is 0 Å². The van der Waals surface area contributed by atoms with E-state index in [0.717, 1.165) is 42.6 Å².